The van der Waals surface area contributed by atoms with E-state index in [0.717, 1.165) is 39.0 Å². The summed E-state index contributed by atoms with van der Waals surface area (Å²) in [5.74, 6) is 0.811. The lowest BCUT2D eigenvalue weighted by Crippen LogP contribution is -2.08. The van der Waals surface area contributed by atoms with Gasteiger partial charge in [0.2, 0.25) is 0 Å². The molecule has 1 aromatic carbocycles. The van der Waals surface area contributed by atoms with Crippen LogP contribution in [0, 0.1) is 6.92 Å². The van der Waals surface area contributed by atoms with E-state index in [4.69, 9.17) is 4.74 Å². The number of aromatic nitrogens is 2. The van der Waals surface area contributed by atoms with Crippen molar-refractivity contribution in [1.82, 2.24) is 9.97 Å². The standard InChI is InChI=1S/C18H16F3N3OS/c1-11-7-12(3-4-15(11)25-2)17-24-10-14(26-17)9-23-13-5-6-22-16(8-13)18(19,20)21/h3-8,10H,9H2,1-2H3,(H,22,23). The summed E-state index contributed by atoms with van der Waals surface area (Å²) >= 11 is 1.48. The van der Waals surface area contributed by atoms with E-state index < -0.39 is 11.9 Å². The summed E-state index contributed by atoms with van der Waals surface area (Å²) in [6, 6.07) is 8.31. The second-order valence-electron chi connectivity index (χ2n) is 5.60. The molecule has 0 bridgehead atoms. The molecule has 0 atom stereocenters. The minimum Gasteiger partial charge on any atom is -0.496 e. The van der Waals surface area contributed by atoms with E-state index in [1.807, 2.05) is 25.1 Å². The predicted molar refractivity (Wildman–Crippen MR) is 95.4 cm³/mol. The van der Waals surface area contributed by atoms with Gasteiger partial charge in [-0.05, 0) is 42.8 Å². The van der Waals surface area contributed by atoms with Gasteiger partial charge in [-0.3, -0.25) is 4.98 Å². The summed E-state index contributed by atoms with van der Waals surface area (Å²) < 4.78 is 43.4. The molecule has 136 valence electrons. The molecule has 1 N–H and O–H groups in total. The molecular weight excluding hydrogens is 363 g/mol. The normalized spacial score (nSPS) is 11.4. The zero-order valence-electron chi connectivity index (χ0n) is 14.1. The zero-order valence-corrected chi connectivity index (χ0v) is 14.9. The van der Waals surface area contributed by atoms with Crippen molar-refractivity contribution < 1.29 is 17.9 Å². The van der Waals surface area contributed by atoms with E-state index in [2.05, 4.69) is 15.3 Å². The van der Waals surface area contributed by atoms with Gasteiger partial charge in [0.1, 0.15) is 16.5 Å². The fourth-order valence-electron chi connectivity index (χ4n) is 2.42. The van der Waals surface area contributed by atoms with Crippen LogP contribution < -0.4 is 10.1 Å². The van der Waals surface area contributed by atoms with Gasteiger partial charge in [-0.2, -0.15) is 13.2 Å². The molecular formula is C18H16F3N3OS. The number of hydrogen-bond donors (Lipinski definition) is 1. The highest BCUT2D eigenvalue weighted by molar-refractivity contribution is 7.15. The first-order valence-electron chi connectivity index (χ1n) is 7.73. The quantitative estimate of drug-likeness (QED) is 0.666. The molecule has 2 aromatic heterocycles. The van der Waals surface area contributed by atoms with E-state index in [0.29, 0.717) is 12.2 Å². The van der Waals surface area contributed by atoms with Crippen LogP contribution in [-0.4, -0.2) is 17.1 Å². The summed E-state index contributed by atoms with van der Waals surface area (Å²) in [6.45, 7) is 2.34. The third-order valence-corrected chi connectivity index (χ3v) is 4.76. The number of alkyl halides is 3. The van der Waals surface area contributed by atoms with Crippen molar-refractivity contribution in [2.75, 3.05) is 12.4 Å². The Morgan fingerprint density at radius 1 is 1.15 bits per heavy atom. The smallest absolute Gasteiger partial charge is 0.433 e. The number of ether oxygens (including phenoxy) is 1. The largest absolute Gasteiger partial charge is 0.496 e. The first-order chi connectivity index (χ1) is 12.4. The number of halogens is 3. The zero-order chi connectivity index (χ0) is 18.7. The Morgan fingerprint density at radius 3 is 2.65 bits per heavy atom. The number of thiazole rings is 1. The van der Waals surface area contributed by atoms with Crippen LogP contribution in [0.5, 0.6) is 5.75 Å². The topological polar surface area (TPSA) is 47.0 Å². The summed E-state index contributed by atoms with van der Waals surface area (Å²) in [5.41, 5.74) is 1.43. The van der Waals surface area contributed by atoms with Crippen LogP contribution in [0.25, 0.3) is 10.6 Å². The van der Waals surface area contributed by atoms with Crippen molar-refractivity contribution in [2.45, 2.75) is 19.6 Å². The van der Waals surface area contributed by atoms with Gasteiger partial charge in [-0.1, -0.05) is 0 Å². The Labute approximate surface area is 152 Å². The van der Waals surface area contributed by atoms with Gasteiger partial charge >= 0.3 is 6.18 Å². The molecule has 0 saturated heterocycles. The molecule has 2 heterocycles. The molecule has 4 nitrogen and oxygen atoms in total. The Balaban J connectivity index is 1.70. The maximum absolute atomic E-state index is 12.7. The third kappa shape index (κ3) is 4.13. The van der Waals surface area contributed by atoms with Gasteiger partial charge < -0.3 is 10.1 Å². The number of methoxy groups -OCH3 is 1. The molecule has 8 heteroatoms. The summed E-state index contributed by atoms with van der Waals surface area (Å²) in [6.07, 6.45) is -1.59. The summed E-state index contributed by atoms with van der Waals surface area (Å²) in [4.78, 5) is 8.66. The molecule has 0 unspecified atom stereocenters. The summed E-state index contributed by atoms with van der Waals surface area (Å²) in [7, 11) is 1.62. The van der Waals surface area contributed by atoms with E-state index >= 15 is 0 Å². The lowest BCUT2D eigenvalue weighted by molar-refractivity contribution is -0.141. The monoisotopic (exact) mass is 379 g/mol. The average molecular weight is 379 g/mol. The molecule has 0 aliphatic rings. The highest BCUT2D eigenvalue weighted by Gasteiger charge is 2.32. The van der Waals surface area contributed by atoms with Crippen molar-refractivity contribution in [2.24, 2.45) is 0 Å². The van der Waals surface area contributed by atoms with Crippen LogP contribution in [-0.2, 0) is 12.7 Å². The minimum atomic E-state index is -4.46. The van der Waals surface area contributed by atoms with Crippen LogP contribution in [0.4, 0.5) is 18.9 Å². The SMILES string of the molecule is COc1ccc(-c2ncc(CNc3ccnc(C(F)(F)F)c3)s2)cc1C. The Bertz CT molecular complexity index is 909. The molecule has 0 fully saturated rings. The highest BCUT2D eigenvalue weighted by atomic mass is 32.1. The number of aryl methyl sites for hydroxylation is 1. The van der Waals surface area contributed by atoms with E-state index in [1.54, 1.807) is 13.3 Å². The fourth-order valence-corrected chi connectivity index (χ4v) is 3.27. The van der Waals surface area contributed by atoms with Gasteiger partial charge in [0.25, 0.3) is 0 Å². The lowest BCUT2D eigenvalue weighted by Gasteiger charge is -2.08. The Morgan fingerprint density at radius 2 is 1.96 bits per heavy atom. The molecule has 0 amide bonds. The summed E-state index contributed by atoms with van der Waals surface area (Å²) in [5, 5.41) is 3.82. The first-order valence-corrected chi connectivity index (χ1v) is 8.55. The van der Waals surface area contributed by atoms with E-state index in [9.17, 15) is 13.2 Å². The number of pyridine rings is 1. The maximum Gasteiger partial charge on any atom is 0.433 e. The molecule has 26 heavy (non-hydrogen) atoms. The van der Waals surface area contributed by atoms with Crippen molar-refractivity contribution in [1.29, 1.82) is 0 Å². The van der Waals surface area contributed by atoms with Gasteiger partial charge in [-0.25, -0.2) is 4.98 Å². The molecule has 0 saturated carbocycles. The number of nitrogens with one attached hydrogen (secondary N) is 1. The average Bonchev–Trinajstić information content (AvgIpc) is 3.08. The van der Waals surface area contributed by atoms with Crippen LogP contribution in [0.1, 0.15) is 16.1 Å². The van der Waals surface area contributed by atoms with E-state index in [-0.39, 0.29) is 0 Å². The van der Waals surface area contributed by atoms with Crippen molar-refractivity contribution >= 4 is 17.0 Å². The molecule has 0 radical (unpaired) electrons. The third-order valence-electron chi connectivity index (χ3n) is 3.71. The van der Waals surface area contributed by atoms with Gasteiger partial charge in [0.05, 0.1) is 13.7 Å². The van der Waals surface area contributed by atoms with Gasteiger partial charge in [0, 0.05) is 28.5 Å². The molecule has 3 rings (SSSR count). The number of rotatable bonds is 5. The number of nitrogens with zero attached hydrogens (tertiary/aromatic N) is 2. The first kappa shape index (κ1) is 18.2. The van der Waals surface area contributed by atoms with Crippen molar-refractivity contribution in [3.63, 3.8) is 0 Å². The molecule has 3 aromatic rings. The lowest BCUT2D eigenvalue weighted by atomic mass is 10.1. The van der Waals surface area contributed by atoms with Crippen molar-refractivity contribution in [3.8, 4) is 16.3 Å². The number of benzene rings is 1. The molecule has 0 aliphatic carbocycles. The molecule has 0 spiro atoms. The van der Waals surface area contributed by atoms with Crippen molar-refractivity contribution in [3.05, 3.63) is 58.9 Å². The van der Waals surface area contributed by atoms with Crippen LogP contribution >= 0.6 is 11.3 Å². The molecule has 0 aliphatic heterocycles. The highest BCUT2D eigenvalue weighted by Crippen LogP contribution is 2.31. The second-order valence-corrected chi connectivity index (χ2v) is 6.71. The number of anilines is 1. The second kappa shape index (κ2) is 7.33. The van der Waals surface area contributed by atoms with Gasteiger partial charge in [-0.15, -0.1) is 11.3 Å². The Hall–Kier alpha value is -2.61. The van der Waals surface area contributed by atoms with Crippen LogP contribution in [0.2, 0.25) is 0 Å². The number of hydrogen-bond acceptors (Lipinski definition) is 5. The predicted octanol–water partition coefficient (Wildman–Crippen LogP) is 5.15. The fraction of sp³-hybridized carbons (Fsp3) is 0.222. The van der Waals surface area contributed by atoms with Gasteiger partial charge in [0.15, 0.2) is 0 Å². The minimum absolute atomic E-state index is 0.363. The van der Waals surface area contributed by atoms with Crippen LogP contribution in [0.3, 0.4) is 0 Å². The Kier molecular flexibility index (Phi) is 5.13. The van der Waals surface area contributed by atoms with E-state index in [1.165, 1.54) is 17.4 Å². The maximum atomic E-state index is 12.7. The van der Waals surface area contributed by atoms with Crippen LogP contribution in [0.15, 0.2) is 42.7 Å².